The third-order valence-corrected chi connectivity index (χ3v) is 1.31. The Kier molecular flexibility index (Phi) is 1.74. The van der Waals surface area contributed by atoms with E-state index in [1.54, 1.807) is 0 Å². The average Bonchev–Trinajstić information content (AvgIpc) is 2.14. The van der Waals surface area contributed by atoms with Crippen molar-refractivity contribution in [2.75, 3.05) is 6.61 Å². The number of nitrogens with zero attached hydrogens (tertiary/aromatic N) is 1. The van der Waals surface area contributed by atoms with Gasteiger partial charge < -0.3 is 4.74 Å². The largest absolute Gasteiger partial charge is 0.479 e. The van der Waals surface area contributed by atoms with Crippen molar-refractivity contribution in [1.82, 2.24) is 0 Å². The highest BCUT2D eigenvalue weighted by atomic mass is 16.5. The smallest absolute Gasteiger partial charge is 0.186 e. The topological polar surface area (TPSA) is 21.6 Å². The van der Waals surface area contributed by atoms with Crippen LogP contribution < -0.4 is 0 Å². The van der Waals surface area contributed by atoms with Crippen molar-refractivity contribution in [1.29, 1.82) is 0 Å². The normalized spacial score (nSPS) is 26.2. The van der Waals surface area contributed by atoms with Gasteiger partial charge in [-0.1, -0.05) is 13.8 Å². The Labute approximate surface area is 55.9 Å². The highest BCUT2D eigenvalue weighted by Crippen LogP contribution is 2.09. The van der Waals surface area contributed by atoms with Crippen molar-refractivity contribution in [2.24, 2.45) is 10.9 Å². The lowest BCUT2D eigenvalue weighted by Crippen LogP contribution is -2.06. The van der Waals surface area contributed by atoms with E-state index in [-0.39, 0.29) is 0 Å². The zero-order valence-corrected chi connectivity index (χ0v) is 6.22. The van der Waals surface area contributed by atoms with Gasteiger partial charge in [0, 0.05) is 5.92 Å². The fourth-order valence-corrected chi connectivity index (χ4v) is 0.813. The van der Waals surface area contributed by atoms with Gasteiger partial charge in [-0.05, 0) is 6.92 Å². The summed E-state index contributed by atoms with van der Waals surface area (Å²) >= 11 is 0. The second-order valence-electron chi connectivity index (χ2n) is 2.78. The van der Waals surface area contributed by atoms with E-state index < -0.39 is 0 Å². The Balaban J connectivity index is 2.52. The van der Waals surface area contributed by atoms with Gasteiger partial charge in [0.1, 0.15) is 6.61 Å². The molecule has 52 valence electrons. The predicted octanol–water partition coefficient (Wildman–Crippen LogP) is 1.46. The number of hydrogen-bond acceptors (Lipinski definition) is 2. The van der Waals surface area contributed by atoms with Crippen LogP contribution in [0.1, 0.15) is 20.8 Å². The first-order valence-electron chi connectivity index (χ1n) is 3.40. The van der Waals surface area contributed by atoms with Crippen LogP contribution in [0.2, 0.25) is 0 Å². The first kappa shape index (κ1) is 6.59. The molecule has 0 aromatic heterocycles. The lowest BCUT2D eigenvalue weighted by molar-refractivity contribution is 0.307. The molecule has 0 aromatic carbocycles. The second-order valence-corrected chi connectivity index (χ2v) is 2.78. The van der Waals surface area contributed by atoms with E-state index in [0.29, 0.717) is 12.0 Å². The van der Waals surface area contributed by atoms with Crippen molar-refractivity contribution in [3.8, 4) is 0 Å². The van der Waals surface area contributed by atoms with Crippen LogP contribution in [0, 0.1) is 5.92 Å². The third kappa shape index (κ3) is 1.44. The lowest BCUT2D eigenvalue weighted by Gasteiger charge is -2.01. The quantitative estimate of drug-likeness (QED) is 0.522. The Morgan fingerprint density at radius 3 is 2.56 bits per heavy atom. The van der Waals surface area contributed by atoms with Gasteiger partial charge in [0.2, 0.25) is 0 Å². The number of ether oxygens (including phenoxy) is 1. The molecule has 0 bridgehead atoms. The van der Waals surface area contributed by atoms with Gasteiger partial charge in [-0.15, -0.1) is 0 Å². The molecule has 0 spiro atoms. The Morgan fingerprint density at radius 2 is 2.33 bits per heavy atom. The molecule has 9 heavy (non-hydrogen) atoms. The molecule has 0 aromatic rings. The number of rotatable bonds is 1. The second kappa shape index (κ2) is 2.38. The Hall–Kier alpha value is -0.530. The molecular formula is C7H13NO. The van der Waals surface area contributed by atoms with Crippen LogP contribution in [0.25, 0.3) is 0 Å². The first-order chi connectivity index (χ1) is 4.20. The third-order valence-electron chi connectivity index (χ3n) is 1.31. The van der Waals surface area contributed by atoms with E-state index in [4.69, 9.17) is 4.74 Å². The van der Waals surface area contributed by atoms with Gasteiger partial charge in [-0.3, -0.25) is 0 Å². The summed E-state index contributed by atoms with van der Waals surface area (Å²) in [7, 11) is 0. The van der Waals surface area contributed by atoms with E-state index in [0.717, 1.165) is 12.5 Å². The number of hydrogen-bond donors (Lipinski definition) is 0. The Morgan fingerprint density at radius 1 is 1.67 bits per heavy atom. The van der Waals surface area contributed by atoms with Crippen LogP contribution in [0.4, 0.5) is 0 Å². The summed E-state index contributed by atoms with van der Waals surface area (Å²) in [5.41, 5.74) is 0. The highest BCUT2D eigenvalue weighted by molar-refractivity contribution is 5.79. The standard InChI is InChI=1S/C7H13NO/c1-5(2)7-8-6(3)4-9-7/h5-6H,4H2,1-3H3/t6-/m1/s1. The van der Waals surface area contributed by atoms with E-state index in [1.807, 2.05) is 0 Å². The zero-order valence-electron chi connectivity index (χ0n) is 6.22. The maximum atomic E-state index is 5.28. The molecule has 0 saturated heterocycles. The Bertz CT molecular complexity index is 129. The van der Waals surface area contributed by atoms with Crippen molar-refractivity contribution >= 4 is 5.90 Å². The fourth-order valence-electron chi connectivity index (χ4n) is 0.813. The minimum absolute atomic E-state index is 0.377. The van der Waals surface area contributed by atoms with Gasteiger partial charge in [-0.25, -0.2) is 4.99 Å². The maximum Gasteiger partial charge on any atom is 0.186 e. The molecule has 0 saturated carbocycles. The molecule has 2 nitrogen and oxygen atoms in total. The lowest BCUT2D eigenvalue weighted by atomic mass is 10.2. The van der Waals surface area contributed by atoms with Crippen LogP contribution in [0.15, 0.2) is 4.99 Å². The van der Waals surface area contributed by atoms with Gasteiger partial charge in [-0.2, -0.15) is 0 Å². The molecule has 1 rings (SSSR count). The average molecular weight is 127 g/mol. The minimum atomic E-state index is 0.377. The summed E-state index contributed by atoms with van der Waals surface area (Å²) < 4.78 is 5.28. The first-order valence-corrected chi connectivity index (χ1v) is 3.40. The van der Waals surface area contributed by atoms with Gasteiger partial charge >= 0.3 is 0 Å². The molecule has 1 atom stereocenters. The van der Waals surface area contributed by atoms with Crippen molar-refractivity contribution in [2.45, 2.75) is 26.8 Å². The molecule has 0 radical (unpaired) electrons. The molecule has 1 aliphatic rings. The maximum absolute atomic E-state index is 5.28. The summed E-state index contributed by atoms with van der Waals surface area (Å²) in [6.07, 6.45) is 0. The molecular weight excluding hydrogens is 114 g/mol. The molecule has 2 heteroatoms. The summed E-state index contributed by atoms with van der Waals surface area (Å²) in [6, 6.07) is 0.377. The van der Waals surface area contributed by atoms with E-state index in [9.17, 15) is 0 Å². The molecule has 0 fully saturated rings. The van der Waals surface area contributed by atoms with Crippen LogP contribution in [0.3, 0.4) is 0 Å². The van der Waals surface area contributed by atoms with Gasteiger partial charge in [0.05, 0.1) is 6.04 Å². The summed E-state index contributed by atoms with van der Waals surface area (Å²) in [5.74, 6) is 1.37. The van der Waals surface area contributed by atoms with Crippen LogP contribution in [0.5, 0.6) is 0 Å². The van der Waals surface area contributed by atoms with Crippen molar-refractivity contribution < 1.29 is 4.74 Å². The van der Waals surface area contributed by atoms with Crippen molar-refractivity contribution in [3.63, 3.8) is 0 Å². The summed E-state index contributed by atoms with van der Waals surface area (Å²) in [5, 5.41) is 0. The fraction of sp³-hybridized carbons (Fsp3) is 0.857. The van der Waals surface area contributed by atoms with Crippen molar-refractivity contribution in [3.05, 3.63) is 0 Å². The molecule has 1 aliphatic heterocycles. The molecule has 0 aliphatic carbocycles. The van der Waals surface area contributed by atoms with Gasteiger partial charge in [0.15, 0.2) is 5.90 Å². The van der Waals surface area contributed by atoms with Gasteiger partial charge in [0.25, 0.3) is 0 Å². The predicted molar refractivity (Wildman–Crippen MR) is 37.7 cm³/mol. The monoisotopic (exact) mass is 127 g/mol. The minimum Gasteiger partial charge on any atom is -0.479 e. The van der Waals surface area contributed by atoms with E-state index >= 15 is 0 Å². The summed E-state index contributed by atoms with van der Waals surface area (Å²) in [4.78, 5) is 4.28. The molecule has 1 heterocycles. The van der Waals surface area contributed by atoms with Crippen LogP contribution in [-0.2, 0) is 4.74 Å². The van der Waals surface area contributed by atoms with Crippen LogP contribution in [-0.4, -0.2) is 18.5 Å². The molecule has 0 N–H and O–H groups in total. The SMILES string of the molecule is CC(C)C1=N[C@H](C)CO1. The zero-order chi connectivity index (χ0) is 6.85. The molecule has 0 amide bonds. The van der Waals surface area contributed by atoms with E-state index in [1.165, 1.54) is 0 Å². The summed E-state index contributed by atoms with van der Waals surface area (Å²) in [6.45, 7) is 7.02. The van der Waals surface area contributed by atoms with E-state index in [2.05, 4.69) is 25.8 Å². The highest BCUT2D eigenvalue weighted by Gasteiger charge is 2.16. The number of aliphatic imine (C=N–C) groups is 1. The molecule has 0 unspecified atom stereocenters. The van der Waals surface area contributed by atoms with Crippen LogP contribution >= 0.6 is 0 Å².